The first-order chi connectivity index (χ1) is 12.1. The van der Waals surface area contributed by atoms with Crippen molar-refractivity contribution in [2.75, 3.05) is 26.2 Å². The quantitative estimate of drug-likeness (QED) is 0.769. The monoisotopic (exact) mass is 380 g/mol. The van der Waals surface area contributed by atoms with Gasteiger partial charge in [-0.2, -0.15) is 0 Å². The van der Waals surface area contributed by atoms with Crippen LogP contribution in [0.15, 0.2) is 18.2 Å². The summed E-state index contributed by atoms with van der Waals surface area (Å²) in [6.07, 6.45) is 6.21. The maximum atomic E-state index is 12.7. The Kier molecular flexibility index (Phi) is 5.26. The molecule has 0 N–H and O–H groups in total. The summed E-state index contributed by atoms with van der Waals surface area (Å²) < 4.78 is 0. The predicted molar refractivity (Wildman–Crippen MR) is 102 cm³/mol. The topological polar surface area (TPSA) is 23.6 Å². The normalized spacial score (nSPS) is 29.4. The third-order valence-electron chi connectivity index (χ3n) is 6.49. The molecule has 1 aromatic carbocycles. The first-order valence-corrected chi connectivity index (χ1v) is 10.3. The van der Waals surface area contributed by atoms with E-state index in [0.717, 1.165) is 66.6 Å². The third kappa shape index (κ3) is 3.84. The van der Waals surface area contributed by atoms with E-state index in [1.54, 1.807) is 0 Å². The number of carbonyl (C=O) groups is 1. The number of nitrogens with zero attached hydrogens (tertiary/aromatic N) is 2. The molecule has 3 unspecified atom stereocenters. The first kappa shape index (κ1) is 17.6. The van der Waals surface area contributed by atoms with Crippen LogP contribution in [-0.4, -0.2) is 41.9 Å². The largest absolute Gasteiger partial charge is 0.340 e. The van der Waals surface area contributed by atoms with Gasteiger partial charge in [0.15, 0.2) is 0 Å². The summed E-state index contributed by atoms with van der Waals surface area (Å²) in [5.74, 6) is 2.77. The molecule has 1 heterocycles. The number of piperazine rings is 1. The standard InChI is InChI=1S/C20H26Cl2N2O/c21-18-2-1-3-19(22)17(18)13-23-6-8-24(9-7-23)20(25)12-16-11-14-4-5-15(16)10-14/h1-3,14-16H,4-13H2. The molecule has 3 aliphatic rings. The molecule has 3 nitrogen and oxygen atoms in total. The van der Waals surface area contributed by atoms with Crippen LogP contribution in [0.25, 0.3) is 0 Å². The van der Waals surface area contributed by atoms with Crippen LogP contribution in [0.2, 0.25) is 10.0 Å². The zero-order valence-corrected chi connectivity index (χ0v) is 16.1. The van der Waals surface area contributed by atoms with E-state index in [0.29, 0.717) is 11.8 Å². The van der Waals surface area contributed by atoms with E-state index in [1.807, 2.05) is 18.2 Å². The maximum absolute atomic E-state index is 12.7. The summed E-state index contributed by atoms with van der Waals surface area (Å²) in [6.45, 7) is 4.18. The zero-order chi connectivity index (χ0) is 17.4. The van der Waals surface area contributed by atoms with Crippen LogP contribution in [0.5, 0.6) is 0 Å². The van der Waals surface area contributed by atoms with Crippen LogP contribution in [0.3, 0.4) is 0 Å². The molecule has 0 radical (unpaired) electrons. The van der Waals surface area contributed by atoms with E-state index >= 15 is 0 Å². The van der Waals surface area contributed by atoms with E-state index in [9.17, 15) is 4.79 Å². The molecular weight excluding hydrogens is 355 g/mol. The minimum Gasteiger partial charge on any atom is -0.340 e. The summed E-state index contributed by atoms with van der Waals surface area (Å²) in [4.78, 5) is 17.1. The Hall–Kier alpha value is -0.770. The minimum atomic E-state index is 0.368. The van der Waals surface area contributed by atoms with Gasteiger partial charge in [-0.1, -0.05) is 35.7 Å². The van der Waals surface area contributed by atoms with Crippen molar-refractivity contribution in [3.63, 3.8) is 0 Å². The number of halogens is 2. The Morgan fingerprint density at radius 1 is 1.04 bits per heavy atom. The van der Waals surface area contributed by atoms with Crippen LogP contribution in [0, 0.1) is 17.8 Å². The number of carbonyl (C=O) groups excluding carboxylic acids is 1. The average molecular weight is 381 g/mol. The highest BCUT2D eigenvalue weighted by atomic mass is 35.5. The van der Waals surface area contributed by atoms with E-state index in [1.165, 1.54) is 25.7 Å². The van der Waals surface area contributed by atoms with Crippen molar-refractivity contribution in [3.05, 3.63) is 33.8 Å². The van der Waals surface area contributed by atoms with E-state index in [4.69, 9.17) is 23.2 Å². The van der Waals surface area contributed by atoms with Crippen LogP contribution < -0.4 is 0 Å². The molecule has 0 spiro atoms. The summed E-state index contributed by atoms with van der Waals surface area (Å²) in [7, 11) is 0. The highest BCUT2D eigenvalue weighted by Crippen LogP contribution is 2.49. The Morgan fingerprint density at radius 3 is 2.36 bits per heavy atom. The van der Waals surface area contributed by atoms with Gasteiger partial charge in [-0.25, -0.2) is 0 Å². The smallest absolute Gasteiger partial charge is 0.222 e. The maximum Gasteiger partial charge on any atom is 0.222 e. The Labute approximate surface area is 160 Å². The van der Waals surface area contributed by atoms with Crippen molar-refractivity contribution in [1.29, 1.82) is 0 Å². The summed E-state index contributed by atoms with van der Waals surface area (Å²) in [5, 5.41) is 1.45. The Morgan fingerprint density at radius 2 is 1.76 bits per heavy atom. The van der Waals surface area contributed by atoms with Crippen LogP contribution in [-0.2, 0) is 11.3 Å². The molecule has 25 heavy (non-hydrogen) atoms. The Bertz CT molecular complexity index is 622. The molecule has 1 saturated heterocycles. The van der Waals surface area contributed by atoms with Crippen LogP contribution in [0.4, 0.5) is 0 Å². The molecule has 136 valence electrons. The van der Waals surface area contributed by atoms with Gasteiger partial charge in [-0.15, -0.1) is 0 Å². The predicted octanol–water partition coefficient (Wildman–Crippen LogP) is 4.46. The van der Waals surface area contributed by atoms with Crippen molar-refractivity contribution in [2.45, 2.75) is 38.6 Å². The van der Waals surface area contributed by atoms with Gasteiger partial charge in [-0.3, -0.25) is 9.69 Å². The lowest BCUT2D eigenvalue weighted by Crippen LogP contribution is -2.48. The van der Waals surface area contributed by atoms with Gasteiger partial charge in [0, 0.05) is 54.8 Å². The molecule has 2 bridgehead atoms. The number of hydrogen-bond donors (Lipinski definition) is 0. The van der Waals surface area contributed by atoms with Crippen molar-refractivity contribution < 1.29 is 4.79 Å². The second kappa shape index (κ2) is 7.46. The molecule has 3 atom stereocenters. The number of amides is 1. The van der Waals surface area contributed by atoms with Crippen molar-refractivity contribution in [2.24, 2.45) is 17.8 Å². The molecule has 2 aliphatic carbocycles. The van der Waals surface area contributed by atoms with Crippen LogP contribution in [0.1, 0.15) is 37.7 Å². The van der Waals surface area contributed by atoms with E-state index < -0.39 is 0 Å². The Balaban J connectivity index is 1.27. The van der Waals surface area contributed by atoms with Gasteiger partial charge in [0.2, 0.25) is 5.91 Å². The lowest BCUT2D eigenvalue weighted by atomic mass is 9.86. The van der Waals surface area contributed by atoms with Gasteiger partial charge in [0.05, 0.1) is 0 Å². The molecule has 2 saturated carbocycles. The lowest BCUT2D eigenvalue weighted by molar-refractivity contribution is -0.134. The number of fused-ring (bicyclic) bond motifs is 2. The number of rotatable bonds is 4. The summed E-state index contributed by atoms with van der Waals surface area (Å²) in [6, 6.07) is 5.65. The van der Waals surface area contributed by atoms with Gasteiger partial charge in [0.1, 0.15) is 0 Å². The molecule has 1 aliphatic heterocycles. The number of hydrogen-bond acceptors (Lipinski definition) is 2. The van der Waals surface area contributed by atoms with Gasteiger partial charge in [-0.05, 0) is 49.1 Å². The molecule has 3 fully saturated rings. The zero-order valence-electron chi connectivity index (χ0n) is 14.6. The summed E-state index contributed by atoms with van der Waals surface area (Å²) >= 11 is 12.6. The van der Waals surface area contributed by atoms with E-state index in [-0.39, 0.29) is 0 Å². The van der Waals surface area contributed by atoms with Gasteiger partial charge >= 0.3 is 0 Å². The molecule has 1 amide bonds. The third-order valence-corrected chi connectivity index (χ3v) is 7.20. The fraction of sp³-hybridized carbons (Fsp3) is 0.650. The second-order valence-corrected chi connectivity index (χ2v) is 8.81. The molecule has 0 aromatic heterocycles. The highest BCUT2D eigenvalue weighted by molar-refractivity contribution is 6.35. The minimum absolute atomic E-state index is 0.368. The molecular formula is C20H26Cl2N2O. The first-order valence-electron chi connectivity index (χ1n) is 9.53. The fourth-order valence-corrected chi connectivity index (χ4v) is 5.56. The van der Waals surface area contributed by atoms with Crippen LogP contribution >= 0.6 is 23.2 Å². The van der Waals surface area contributed by atoms with Crippen molar-refractivity contribution >= 4 is 29.1 Å². The van der Waals surface area contributed by atoms with E-state index in [2.05, 4.69) is 9.80 Å². The highest BCUT2D eigenvalue weighted by Gasteiger charge is 2.40. The molecule has 1 aromatic rings. The second-order valence-electron chi connectivity index (χ2n) is 8.00. The molecule has 4 rings (SSSR count). The van der Waals surface area contributed by atoms with Crippen molar-refractivity contribution in [3.8, 4) is 0 Å². The number of benzene rings is 1. The van der Waals surface area contributed by atoms with Gasteiger partial charge < -0.3 is 4.90 Å². The lowest BCUT2D eigenvalue weighted by Gasteiger charge is -2.36. The fourth-order valence-electron chi connectivity index (χ4n) is 5.04. The summed E-state index contributed by atoms with van der Waals surface area (Å²) in [5.41, 5.74) is 0.993. The molecule has 5 heteroatoms. The van der Waals surface area contributed by atoms with Crippen molar-refractivity contribution in [1.82, 2.24) is 9.80 Å². The SMILES string of the molecule is O=C(CC1CC2CCC1C2)N1CCN(Cc2c(Cl)cccc2Cl)CC1. The van der Waals surface area contributed by atoms with Gasteiger partial charge in [0.25, 0.3) is 0 Å². The average Bonchev–Trinajstić information content (AvgIpc) is 3.22.